The van der Waals surface area contributed by atoms with Crippen molar-refractivity contribution >= 4 is 35.2 Å². The normalized spacial score (nSPS) is 12.4. The number of pyridine rings is 2. The Bertz CT molecular complexity index is 2620. The summed E-state index contributed by atoms with van der Waals surface area (Å²) in [6.45, 7) is 36.2. The third kappa shape index (κ3) is 10.1. The standard InChI is InChI=1S/C31H30NO.C24H36NSi.Ir/c1-20-7-10-23(11-8-20)24-12-14-28-26(18-24)25-13-9-21(2)29(30(25)33-28)27-17-22(15-16-32(27)6)19-31(3,4)5;1-16(2)19(6)22-14-23(25(7)15-24(22)26(8,9)10)21-12-11-20(17(3)4)13-18(21)5;/h7-18H,2,6,19H2,1,3-5H3;11-17,19H,5,7H2,1-4,6,8-10H3;/q2*-1;. The molecule has 1 atom stereocenters. The van der Waals surface area contributed by atoms with Crippen LogP contribution in [-0.4, -0.2) is 8.07 Å². The number of nitrogens with zero attached hydrogens (tertiary/aromatic N) is 2. The predicted octanol–water partition coefficient (Wildman–Crippen LogP) is 13.8. The molecular formula is C55H66IrN2OSi-2. The fourth-order valence-corrected chi connectivity index (χ4v) is 9.73. The van der Waals surface area contributed by atoms with Crippen molar-refractivity contribution in [3.63, 3.8) is 0 Å². The van der Waals surface area contributed by atoms with Gasteiger partial charge in [0.1, 0.15) is 5.58 Å². The zero-order valence-corrected chi connectivity index (χ0v) is 41.6. The molecular weight excluding hydrogens is 925 g/mol. The Balaban J connectivity index is 0.000000231. The van der Waals surface area contributed by atoms with Crippen molar-refractivity contribution < 1.29 is 33.7 Å². The van der Waals surface area contributed by atoms with Crippen molar-refractivity contribution in [1.29, 1.82) is 0 Å². The molecule has 4 aromatic carbocycles. The molecule has 3 aromatic heterocycles. The molecule has 0 fully saturated rings. The van der Waals surface area contributed by atoms with E-state index in [1.807, 2.05) is 10.8 Å². The van der Waals surface area contributed by atoms with Crippen LogP contribution in [0.4, 0.5) is 0 Å². The Labute approximate surface area is 376 Å². The fraction of sp³-hybridized carbons (Fsp3) is 0.309. The molecule has 7 aromatic rings. The van der Waals surface area contributed by atoms with E-state index in [9.17, 15) is 0 Å². The summed E-state index contributed by atoms with van der Waals surface area (Å²) in [7, 11) is 7.11. The maximum absolute atomic E-state index is 6.44. The van der Waals surface area contributed by atoms with Crippen molar-refractivity contribution in [3.8, 4) is 33.6 Å². The smallest absolute Gasteiger partial charge is 0.133 e. The Morgan fingerprint density at radius 1 is 0.700 bits per heavy atom. The second-order valence-corrected chi connectivity index (χ2v) is 24.7. The summed E-state index contributed by atoms with van der Waals surface area (Å²) in [5.74, 6) is 1.66. The molecule has 7 rings (SSSR count). The van der Waals surface area contributed by atoms with E-state index in [0.717, 1.165) is 56.4 Å². The number of furan rings is 1. The van der Waals surface area contributed by atoms with E-state index < -0.39 is 8.07 Å². The van der Waals surface area contributed by atoms with E-state index in [2.05, 4.69) is 212 Å². The number of fused-ring (bicyclic) bond motifs is 3. The van der Waals surface area contributed by atoms with Gasteiger partial charge in [-0.1, -0.05) is 152 Å². The second kappa shape index (κ2) is 18.1. The van der Waals surface area contributed by atoms with Gasteiger partial charge in [-0.2, -0.15) is 37.1 Å². The molecule has 1 unspecified atom stereocenters. The summed E-state index contributed by atoms with van der Waals surface area (Å²) in [6, 6.07) is 32.7. The van der Waals surface area contributed by atoms with E-state index >= 15 is 0 Å². The second-order valence-electron chi connectivity index (χ2n) is 19.6. The third-order valence-electron chi connectivity index (χ3n) is 11.8. The summed E-state index contributed by atoms with van der Waals surface area (Å²) in [5, 5.41) is 3.73. The first-order valence-electron chi connectivity index (χ1n) is 21.2. The first-order valence-corrected chi connectivity index (χ1v) is 24.7. The van der Waals surface area contributed by atoms with Crippen molar-refractivity contribution in [2.75, 3.05) is 0 Å². The summed E-state index contributed by atoms with van der Waals surface area (Å²) in [6.07, 6.45) is 5.31. The molecule has 0 saturated carbocycles. The molecule has 0 aliphatic heterocycles. The van der Waals surface area contributed by atoms with Gasteiger partial charge in [0.15, 0.2) is 0 Å². The van der Waals surface area contributed by atoms with Gasteiger partial charge in [-0.25, -0.2) is 0 Å². The Morgan fingerprint density at radius 3 is 1.97 bits per heavy atom. The maximum atomic E-state index is 6.44. The Morgan fingerprint density at radius 2 is 1.37 bits per heavy atom. The first-order chi connectivity index (χ1) is 27.6. The minimum absolute atomic E-state index is 0. The monoisotopic (exact) mass is 991 g/mol. The molecule has 317 valence electrons. The van der Waals surface area contributed by atoms with Crippen LogP contribution in [0, 0.1) is 46.2 Å². The van der Waals surface area contributed by atoms with Crippen LogP contribution < -0.4 is 14.3 Å². The minimum Gasteiger partial charge on any atom is -0.469 e. The van der Waals surface area contributed by atoms with Gasteiger partial charge in [0.2, 0.25) is 0 Å². The average molecular weight is 991 g/mol. The summed E-state index contributed by atoms with van der Waals surface area (Å²) in [4.78, 5) is 0. The topological polar surface area (TPSA) is 20.9 Å². The molecule has 3 nitrogen and oxygen atoms in total. The minimum atomic E-state index is -1.46. The largest absolute Gasteiger partial charge is 0.469 e. The number of hydrogen-bond acceptors (Lipinski definition) is 1. The number of aromatic nitrogens is 2. The predicted molar refractivity (Wildman–Crippen MR) is 256 cm³/mol. The van der Waals surface area contributed by atoms with Gasteiger partial charge < -0.3 is 13.6 Å². The quantitative estimate of drug-likeness (QED) is 0.0844. The summed E-state index contributed by atoms with van der Waals surface area (Å²) >= 11 is 0. The summed E-state index contributed by atoms with van der Waals surface area (Å²) in [5.41, 5.74) is 16.1. The van der Waals surface area contributed by atoms with E-state index in [1.165, 1.54) is 44.1 Å². The molecule has 0 aliphatic carbocycles. The first kappa shape index (κ1) is 46.4. The van der Waals surface area contributed by atoms with Crippen LogP contribution in [0.3, 0.4) is 0 Å². The van der Waals surface area contributed by atoms with Gasteiger partial charge in [-0.05, 0) is 65.0 Å². The zero-order chi connectivity index (χ0) is 43.1. The summed E-state index contributed by atoms with van der Waals surface area (Å²) < 4.78 is 10.4. The average Bonchev–Trinajstić information content (AvgIpc) is 3.53. The van der Waals surface area contributed by atoms with Crippen molar-refractivity contribution in [1.82, 2.24) is 0 Å². The fourth-order valence-electron chi connectivity index (χ4n) is 8.02. The van der Waals surface area contributed by atoms with E-state index in [-0.39, 0.29) is 25.5 Å². The number of rotatable bonds is 8. The number of hydrogen-bond donors (Lipinski definition) is 0. The van der Waals surface area contributed by atoms with Crippen molar-refractivity contribution in [2.24, 2.45) is 11.3 Å². The molecule has 0 saturated heterocycles. The van der Waals surface area contributed by atoms with Crippen LogP contribution in [0.5, 0.6) is 0 Å². The van der Waals surface area contributed by atoms with Gasteiger partial charge in [-0.3, -0.25) is 0 Å². The van der Waals surface area contributed by atoms with Gasteiger partial charge in [-0.15, -0.1) is 23.3 Å². The van der Waals surface area contributed by atoms with Crippen LogP contribution in [-0.2, 0) is 26.5 Å². The van der Waals surface area contributed by atoms with Crippen LogP contribution >= 0.6 is 0 Å². The molecule has 0 bridgehead atoms. The molecule has 0 spiro atoms. The van der Waals surface area contributed by atoms with E-state index in [0.29, 0.717) is 17.8 Å². The molecule has 3 heterocycles. The SMILES string of the molecule is [CH2-]c1cc(C(C)C)ccc1-c1cc(C(C)C(C)C)c([Si](C)(C)C)c[n+]1[CH2-].[CH2-]c1ccc2c(oc3ccc(-c4ccc(C)cc4)cc32)c1-c1cc(CC(C)(C)C)cc[n+]1[CH2-].[Ir]. The Kier molecular flexibility index (Phi) is 14.0. The van der Waals surface area contributed by atoms with Gasteiger partial charge in [0.05, 0.1) is 37.4 Å². The van der Waals surface area contributed by atoms with Crippen LogP contribution in [0.2, 0.25) is 19.6 Å². The molecule has 0 aliphatic rings. The third-order valence-corrected chi connectivity index (χ3v) is 13.8. The molecule has 60 heavy (non-hydrogen) atoms. The van der Waals surface area contributed by atoms with Crippen LogP contribution in [0.1, 0.15) is 101 Å². The molecule has 5 heteroatoms. The molecule has 0 amide bonds. The van der Waals surface area contributed by atoms with E-state index in [1.54, 1.807) is 0 Å². The van der Waals surface area contributed by atoms with Gasteiger partial charge >= 0.3 is 0 Å². The zero-order valence-electron chi connectivity index (χ0n) is 38.2. The van der Waals surface area contributed by atoms with Crippen molar-refractivity contribution in [2.45, 2.75) is 100 Å². The maximum Gasteiger partial charge on any atom is 0.133 e. The molecule has 1 radical (unpaired) electrons. The number of benzene rings is 4. The van der Waals surface area contributed by atoms with Crippen LogP contribution in [0.25, 0.3) is 55.6 Å². The number of aryl methyl sites for hydroxylation is 1. The molecule has 0 N–H and O–H groups in total. The van der Waals surface area contributed by atoms with Crippen LogP contribution in [0.15, 0.2) is 108 Å². The van der Waals surface area contributed by atoms with Gasteiger partial charge in [0.25, 0.3) is 0 Å². The van der Waals surface area contributed by atoms with E-state index in [4.69, 9.17) is 4.42 Å². The Hall–Kier alpha value is -4.67. The van der Waals surface area contributed by atoms with Crippen molar-refractivity contribution in [3.05, 3.63) is 165 Å². The van der Waals surface area contributed by atoms with Gasteiger partial charge in [0, 0.05) is 45.0 Å².